The summed E-state index contributed by atoms with van der Waals surface area (Å²) in [7, 11) is 0. The summed E-state index contributed by atoms with van der Waals surface area (Å²) in [4.78, 5) is 10.4. The van der Waals surface area contributed by atoms with E-state index in [0.29, 0.717) is 19.1 Å². The topological polar surface area (TPSA) is 38.3 Å². The predicted octanol–water partition coefficient (Wildman–Crippen LogP) is 1.19. The molecule has 0 fully saturated rings. The van der Waals surface area contributed by atoms with Gasteiger partial charge in [-0.2, -0.15) is 0 Å². The van der Waals surface area contributed by atoms with Gasteiger partial charge in [-0.3, -0.25) is 4.79 Å². The van der Waals surface area contributed by atoms with Gasteiger partial charge in [0.05, 0.1) is 6.61 Å². The number of carbonyl (C=O) groups is 1. The molecule has 0 bridgehead atoms. The Morgan fingerprint density at radius 2 is 2.25 bits per heavy atom. The lowest BCUT2D eigenvalue weighted by molar-refractivity contribution is -0.119. The van der Waals surface area contributed by atoms with Crippen LogP contribution in [0.5, 0.6) is 0 Å². The van der Waals surface area contributed by atoms with Gasteiger partial charge in [0.15, 0.2) is 0 Å². The number of amides is 1. The number of nitrogens with one attached hydrogen (secondary N) is 1. The van der Waals surface area contributed by atoms with E-state index in [1.165, 1.54) is 6.92 Å². The maximum absolute atomic E-state index is 10.4. The van der Waals surface area contributed by atoms with E-state index in [1.54, 1.807) is 0 Å². The molecule has 0 rings (SSSR count). The van der Waals surface area contributed by atoms with Crippen molar-refractivity contribution < 1.29 is 9.53 Å². The molecule has 1 N–H and O–H groups in total. The molecule has 1 amide bonds. The molecule has 12 heavy (non-hydrogen) atoms. The van der Waals surface area contributed by atoms with Crippen LogP contribution in [0.2, 0.25) is 0 Å². The average Bonchev–Trinajstić information content (AvgIpc) is 2.03. The minimum Gasteiger partial charge on any atom is -0.379 e. The van der Waals surface area contributed by atoms with Gasteiger partial charge in [-0.25, -0.2) is 0 Å². The number of carbonyl (C=O) groups excluding carboxylic acids is 1. The fraction of sp³-hybridized carbons (Fsp3) is 0.889. The molecule has 0 aromatic rings. The second-order valence-corrected chi connectivity index (χ2v) is 3.07. The minimum atomic E-state index is 0.00198. The van der Waals surface area contributed by atoms with Crippen LogP contribution in [0.1, 0.15) is 27.2 Å². The van der Waals surface area contributed by atoms with Gasteiger partial charge in [0.2, 0.25) is 5.91 Å². The maximum Gasteiger partial charge on any atom is 0.216 e. The molecule has 0 aromatic heterocycles. The van der Waals surface area contributed by atoms with Gasteiger partial charge in [0.1, 0.15) is 0 Å². The van der Waals surface area contributed by atoms with Crippen molar-refractivity contribution in [2.75, 3.05) is 19.8 Å². The monoisotopic (exact) mass is 173 g/mol. The van der Waals surface area contributed by atoms with E-state index in [9.17, 15) is 4.79 Å². The van der Waals surface area contributed by atoms with Crippen LogP contribution in [-0.2, 0) is 9.53 Å². The third-order valence-electron chi connectivity index (χ3n) is 1.72. The summed E-state index contributed by atoms with van der Waals surface area (Å²) in [6.45, 7) is 7.82. The number of hydrogen-bond donors (Lipinski definition) is 1. The number of hydrogen-bond acceptors (Lipinski definition) is 2. The normalized spacial score (nSPS) is 12.6. The highest BCUT2D eigenvalue weighted by Crippen LogP contribution is 1.99. The number of ether oxygens (including phenoxy) is 1. The van der Waals surface area contributed by atoms with Crippen LogP contribution in [-0.4, -0.2) is 25.7 Å². The van der Waals surface area contributed by atoms with Gasteiger partial charge in [0.25, 0.3) is 0 Å². The van der Waals surface area contributed by atoms with Gasteiger partial charge < -0.3 is 10.1 Å². The molecule has 0 saturated heterocycles. The van der Waals surface area contributed by atoms with Crippen molar-refractivity contribution in [3.8, 4) is 0 Å². The van der Waals surface area contributed by atoms with Crippen LogP contribution in [0.4, 0.5) is 0 Å². The van der Waals surface area contributed by atoms with Crippen LogP contribution >= 0.6 is 0 Å². The largest absolute Gasteiger partial charge is 0.379 e. The standard InChI is InChI=1S/C9H19NO2/c1-4-8(2)7-12-6-5-10-9(3)11/h8H,4-7H2,1-3H3,(H,10,11). The first-order valence-electron chi connectivity index (χ1n) is 4.49. The van der Waals surface area contributed by atoms with E-state index in [0.717, 1.165) is 13.0 Å². The van der Waals surface area contributed by atoms with Crippen LogP contribution in [0.3, 0.4) is 0 Å². The van der Waals surface area contributed by atoms with Crippen LogP contribution < -0.4 is 5.32 Å². The number of rotatable bonds is 6. The fourth-order valence-electron chi connectivity index (χ4n) is 0.702. The Morgan fingerprint density at radius 1 is 1.58 bits per heavy atom. The second-order valence-electron chi connectivity index (χ2n) is 3.07. The third-order valence-corrected chi connectivity index (χ3v) is 1.72. The first kappa shape index (κ1) is 11.4. The molecule has 0 aliphatic rings. The average molecular weight is 173 g/mol. The zero-order chi connectivity index (χ0) is 9.40. The first-order valence-corrected chi connectivity index (χ1v) is 4.49. The summed E-state index contributed by atoms with van der Waals surface area (Å²) in [6, 6.07) is 0. The summed E-state index contributed by atoms with van der Waals surface area (Å²) in [5, 5.41) is 2.67. The van der Waals surface area contributed by atoms with Crippen molar-refractivity contribution in [1.29, 1.82) is 0 Å². The quantitative estimate of drug-likeness (QED) is 0.613. The Labute approximate surface area is 74.5 Å². The van der Waals surface area contributed by atoms with Crippen LogP contribution in [0.15, 0.2) is 0 Å². The first-order chi connectivity index (χ1) is 5.66. The lowest BCUT2D eigenvalue weighted by Gasteiger charge is -2.09. The lowest BCUT2D eigenvalue weighted by atomic mass is 10.1. The Morgan fingerprint density at radius 3 is 2.75 bits per heavy atom. The highest BCUT2D eigenvalue weighted by atomic mass is 16.5. The van der Waals surface area contributed by atoms with E-state index < -0.39 is 0 Å². The van der Waals surface area contributed by atoms with E-state index in [4.69, 9.17) is 4.74 Å². The summed E-state index contributed by atoms with van der Waals surface area (Å²) < 4.78 is 5.32. The Bertz CT molecular complexity index is 126. The predicted molar refractivity (Wildman–Crippen MR) is 49.0 cm³/mol. The molecule has 0 aromatic carbocycles. The summed E-state index contributed by atoms with van der Waals surface area (Å²) in [5.74, 6) is 0.615. The Kier molecular flexibility index (Phi) is 6.76. The molecular weight excluding hydrogens is 154 g/mol. The van der Waals surface area contributed by atoms with E-state index in [1.807, 2.05) is 0 Å². The molecule has 3 heteroatoms. The molecule has 1 atom stereocenters. The van der Waals surface area contributed by atoms with Gasteiger partial charge >= 0.3 is 0 Å². The summed E-state index contributed by atoms with van der Waals surface area (Å²) in [6.07, 6.45) is 1.14. The molecule has 0 aliphatic carbocycles. The second kappa shape index (κ2) is 7.10. The third kappa shape index (κ3) is 7.54. The van der Waals surface area contributed by atoms with Crippen molar-refractivity contribution in [2.45, 2.75) is 27.2 Å². The molecule has 3 nitrogen and oxygen atoms in total. The molecule has 72 valence electrons. The highest BCUT2D eigenvalue weighted by Gasteiger charge is 1.97. The fourth-order valence-corrected chi connectivity index (χ4v) is 0.702. The minimum absolute atomic E-state index is 0.00198. The van der Waals surface area contributed by atoms with E-state index in [-0.39, 0.29) is 5.91 Å². The molecule has 1 unspecified atom stereocenters. The van der Waals surface area contributed by atoms with Gasteiger partial charge in [-0.05, 0) is 5.92 Å². The molecule has 0 spiro atoms. The summed E-state index contributed by atoms with van der Waals surface area (Å²) in [5.41, 5.74) is 0. The molecule has 0 heterocycles. The van der Waals surface area contributed by atoms with Gasteiger partial charge in [-0.1, -0.05) is 20.3 Å². The Hall–Kier alpha value is -0.570. The zero-order valence-electron chi connectivity index (χ0n) is 8.22. The van der Waals surface area contributed by atoms with Crippen molar-refractivity contribution in [1.82, 2.24) is 5.32 Å². The van der Waals surface area contributed by atoms with Crippen molar-refractivity contribution >= 4 is 5.91 Å². The van der Waals surface area contributed by atoms with Gasteiger partial charge in [0, 0.05) is 20.1 Å². The molecule has 0 aliphatic heterocycles. The van der Waals surface area contributed by atoms with Crippen molar-refractivity contribution in [3.05, 3.63) is 0 Å². The van der Waals surface area contributed by atoms with Crippen molar-refractivity contribution in [3.63, 3.8) is 0 Å². The Balaban J connectivity index is 3.05. The van der Waals surface area contributed by atoms with Crippen LogP contribution in [0, 0.1) is 5.92 Å². The lowest BCUT2D eigenvalue weighted by Crippen LogP contribution is -2.25. The van der Waals surface area contributed by atoms with E-state index in [2.05, 4.69) is 19.2 Å². The molecular formula is C9H19NO2. The maximum atomic E-state index is 10.4. The summed E-state index contributed by atoms with van der Waals surface area (Å²) >= 11 is 0. The van der Waals surface area contributed by atoms with Crippen molar-refractivity contribution in [2.24, 2.45) is 5.92 Å². The molecule has 0 radical (unpaired) electrons. The van der Waals surface area contributed by atoms with E-state index >= 15 is 0 Å². The highest BCUT2D eigenvalue weighted by molar-refractivity contribution is 5.72. The zero-order valence-corrected chi connectivity index (χ0v) is 8.22. The molecule has 0 saturated carbocycles. The smallest absolute Gasteiger partial charge is 0.216 e. The SMILES string of the molecule is CCC(C)COCCNC(C)=O. The van der Waals surface area contributed by atoms with Gasteiger partial charge in [-0.15, -0.1) is 0 Å². The van der Waals surface area contributed by atoms with Crippen LogP contribution in [0.25, 0.3) is 0 Å².